The number of hydrogen-bond donors (Lipinski definition) is 2. The topological polar surface area (TPSA) is 55.1 Å². The Labute approximate surface area is 108 Å². The van der Waals surface area contributed by atoms with Gasteiger partial charge in [-0.05, 0) is 43.0 Å². The van der Waals surface area contributed by atoms with Crippen LogP contribution in [0.15, 0.2) is 24.3 Å². The molecule has 1 amide bonds. The molecular formula is C14H21FN2O. The summed E-state index contributed by atoms with van der Waals surface area (Å²) < 4.78 is 12.7. The van der Waals surface area contributed by atoms with Crippen LogP contribution in [0.1, 0.15) is 25.3 Å². The minimum absolute atomic E-state index is 0.0532. The molecule has 0 bridgehead atoms. The van der Waals surface area contributed by atoms with E-state index in [4.69, 9.17) is 5.73 Å². The van der Waals surface area contributed by atoms with Crippen LogP contribution in [0.2, 0.25) is 0 Å². The first-order chi connectivity index (χ1) is 8.61. The molecule has 1 aromatic carbocycles. The number of carbonyl (C=O) groups is 1. The summed E-state index contributed by atoms with van der Waals surface area (Å²) in [6, 6.07) is 6.39. The van der Waals surface area contributed by atoms with E-state index in [1.54, 1.807) is 12.1 Å². The van der Waals surface area contributed by atoms with E-state index in [0.717, 1.165) is 18.4 Å². The first kappa shape index (κ1) is 14.6. The SMILES string of the molecule is CC(CN)CNC(=O)CCCc1ccc(F)cc1. The molecule has 0 aliphatic heterocycles. The molecule has 1 aromatic rings. The van der Waals surface area contributed by atoms with E-state index in [1.165, 1.54) is 12.1 Å². The van der Waals surface area contributed by atoms with Crippen LogP contribution in [-0.4, -0.2) is 19.0 Å². The highest BCUT2D eigenvalue weighted by molar-refractivity contribution is 5.75. The van der Waals surface area contributed by atoms with Crippen LogP contribution in [0.3, 0.4) is 0 Å². The number of aryl methyl sites for hydroxylation is 1. The van der Waals surface area contributed by atoms with Crippen molar-refractivity contribution in [1.82, 2.24) is 5.32 Å². The van der Waals surface area contributed by atoms with Gasteiger partial charge in [-0.25, -0.2) is 4.39 Å². The summed E-state index contributed by atoms with van der Waals surface area (Å²) in [4.78, 5) is 11.5. The average Bonchev–Trinajstić information content (AvgIpc) is 2.38. The van der Waals surface area contributed by atoms with Gasteiger partial charge in [0, 0.05) is 13.0 Å². The Bertz CT molecular complexity index is 365. The molecule has 100 valence electrons. The lowest BCUT2D eigenvalue weighted by atomic mass is 10.1. The quantitative estimate of drug-likeness (QED) is 0.778. The summed E-state index contributed by atoms with van der Waals surface area (Å²) >= 11 is 0. The normalized spacial score (nSPS) is 12.2. The zero-order valence-corrected chi connectivity index (χ0v) is 10.8. The molecule has 0 fully saturated rings. The van der Waals surface area contributed by atoms with Crippen LogP contribution in [0, 0.1) is 11.7 Å². The monoisotopic (exact) mass is 252 g/mol. The summed E-state index contributed by atoms with van der Waals surface area (Å²) in [6.07, 6.45) is 2.06. The van der Waals surface area contributed by atoms with Crippen molar-refractivity contribution in [2.45, 2.75) is 26.2 Å². The second-order valence-corrected chi connectivity index (χ2v) is 4.62. The van der Waals surface area contributed by atoms with E-state index < -0.39 is 0 Å². The predicted octanol–water partition coefficient (Wildman–Crippen LogP) is 1.86. The van der Waals surface area contributed by atoms with Crippen LogP contribution >= 0.6 is 0 Å². The fourth-order valence-electron chi connectivity index (χ4n) is 1.56. The molecule has 0 saturated carbocycles. The summed E-state index contributed by atoms with van der Waals surface area (Å²) in [6.45, 7) is 3.21. The zero-order valence-electron chi connectivity index (χ0n) is 10.8. The van der Waals surface area contributed by atoms with Crippen molar-refractivity contribution in [2.75, 3.05) is 13.1 Å². The fourth-order valence-corrected chi connectivity index (χ4v) is 1.56. The van der Waals surface area contributed by atoms with Gasteiger partial charge >= 0.3 is 0 Å². The molecule has 3 nitrogen and oxygen atoms in total. The molecule has 18 heavy (non-hydrogen) atoms. The molecule has 3 N–H and O–H groups in total. The van der Waals surface area contributed by atoms with E-state index >= 15 is 0 Å². The third-order valence-electron chi connectivity index (χ3n) is 2.83. The van der Waals surface area contributed by atoms with Crippen LogP contribution in [0.4, 0.5) is 4.39 Å². The number of carbonyl (C=O) groups excluding carboxylic acids is 1. The summed E-state index contributed by atoms with van der Waals surface area (Å²) in [7, 11) is 0. The largest absolute Gasteiger partial charge is 0.356 e. The number of rotatable bonds is 7. The van der Waals surface area contributed by atoms with Crippen molar-refractivity contribution in [1.29, 1.82) is 0 Å². The number of nitrogens with one attached hydrogen (secondary N) is 1. The van der Waals surface area contributed by atoms with E-state index in [1.807, 2.05) is 6.92 Å². The third-order valence-corrected chi connectivity index (χ3v) is 2.83. The van der Waals surface area contributed by atoms with Crippen molar-refractivity contribution in [3.05, 3.63) is 35.6 Å². The van der Waals surface area contributed by atoms with E-state index in [2.05, 4.69) is 5.32 Å². The molecule has 0 spiro atoms. The van der Waals surface area contributed by atoms with Gasteiger partial charge in [0.2, 0.25) is 5.91 Å². The molecule has 0 aliphatic carbocycles. The molecule has 1 atom stereocenters. The van der Waals surface area contributed by atoms with Crippen LogP contribution in [-0.2, 0) is 11.2 Å². The lowest BCUT2D eigenvalue weighted by Crippen LogP contribution is -2.31. The maximum atomic E-state index is 12.7. The summed E-state index contributed by atoms with van der Waals surface area (Å²) in [5, 5.41) is 2.85. The smallest absolute Gasteiger partial charge is 0.220 e. The Morgan fingerprint density at radius 3 is 2.67 bits per heavy atom. The molecule has 1 unspecified atom stereocenters. The van der Waals surface area contributed by atoms with Gasteiger partial charge in [-0.3, -0.25) is 4.79 Å². The first-order valence-electron chi connectivity index (χ1n) is 6.33. The van der Waals surface area contributed by atoms with Gasteiger partial charge in [0.25, 0.3) is 0 Å². The highest BCUT2D eigenvalue weighted by atomic mass is 19.1. The van der Waals surface area contributed by atoms with Gasteiger partial charge < -0.3 is 11.1 Å². The van der Waals surface area contributed by atoms with Crippen molar-refractivity contribution in [3.8, 4) is 0 Å². The average molecular weight is 252 g/mol. The predicted molar refractivity (Wildman–Crippen MR) is 70.6 cm³/mol. The minimum Gasteiger partial charge on any atom is -0.356 e. The maximum Gasteiger partial charge on any atom is 0.220 e. The fraction of sp³-hybridized carbons (Fsp3) is 0.500. The van der Waals surface area contributed by atoms with E-state index in [9.17, 15) is 9.18 Å². The standard InChI is InChI=1S/C14H21FN2O/c1-11(9-16)10-17-14(18)4-2-3-12-5-7-13(15)8-6-12/h5-8,11H,2-4,9-10,16H2,1H3,(H,17,18). The van der Waals surface area contributed by atoms with E-state index in [-0.39, 0.29) is 11.7 Å². The van der Waals surface area contributed by atoms with Gasteiger partial charge in [0.1, 0.15) is 5.82 Å². The Morgan fingerprint density at radius 1 is 1.39 bits per heavy atom. The van der Waals surface area contributed by atoms with Crippen LogP contribution < -0.4 is 11.1 Å². The molecule has 4 heteroatoms. The number of benzene rings is 1. The number of nitrogens with two attached hydrogens (primary N) is 1. The molecule has 0 aliphatic rings. The molecule has 0 heterocycles. The van der Waals surface area contributed by atoms with Crippen molar-refractivity contribution in [2.24, 2.45) is 11.7 Å². The maximum absolute atomic E-state index is 12.7. The molecule has 1 rings (SSSR count). The Hall–Kier alpha value is -1.42. The van der Waals surface area contributed by atoms with Gasteiger partial charge in [-0.15, -0.1) is 0 Å². The Kier molecular flexibility index (Phi) is 6.36. The molecular weight excluding hydrogens is 231 g/mol. The molecule has 0 saturated heterocycles. The Balaban J connectivity index is 2.17. The minimum atomic E-state index is -0.229. The third kappa shape index (κ3) is 5.77. The van der Waals surface area contributed by atoms with Gasteiger partial charge in [0.15, 0.2) is 0 Å². The van der Waals surface area contributed by atoms with Crippen molar-refractivity contribution >= 4 is 5.91 Å². The number of amides is 1. The van der Waals surface area contributed by atoms with E-state index in [0.29, 0.717) is 25.4 Å². The lowest BCUT2D eigenvalue weighted by molar-refractivity contribution is -0.121. The Morgan fingerprint density at radius 2 is 2.06 bits per heavy atom. The van der Waals surface area contributed by atoms with Crippen molar-refractivity contribution < 1.29 is 9.18 Å². The van der Waals surface area contributed by atoms with Crippen LogP contribution in [0.5, 0.6) is 0 Å². The van der Waals surface area contributed by atoms with Gasteiger partial charge in [-0.2, -0.15) is 0 Å². The highest BCUT2D eigenvalue weighted by Crippen LogP contribution is 2.06. The number of halogens is 1. The number of hydrogen-bond acceptors (Lipinski definition) is 2. The second-order valence-electron chi connectivity index (χ2n) is 4.62. The lowest BCUT2D eigenvalue weighted by Gasteiger charge is -2.09. The zero-order chi connectivity index (χ0) is 13.4. The van der Waals surface area contributed by atoms with Crippen LogP contribution in [0.25, 0.3) is 0 Å². The summed E-state index contributed by atoms with van der Waals surface area (Å²) in [5.41, 5.74) is 6.52. The van der Waals surface area contributed by atoms with Crippen molar-refractivity contribution in [3.63, 3.8) is 0 Å². The summed E-state index contributed by atoms with van der Waals surface area (Å²) in [5.74, 6) is 0.135. The molecule has 0 radical (unpaired) electrons. The second kappa shape index (κ2) is 7.82. The highest BCUT2D eigenvalue weighted by Gasteiger charge is 2.04. The first-order valence-corrected chi connectivity index (χ1v) is 6.33. The van der Waals surface area contributed by atoms with Gasteiger partial charge in [0.05, 0.1) is 0 Å². The molecule has 0 aromatic heterocycles. The van der Waals surface area contributed by atoms with Gasteiger partial charge in [-0.1, -0.05) is 19.1 Å².